The van der Waals surface area contributed by atoms with E-state index < -0.39 is 17.1 Å². The topological polar surface area (TPSA) is 29.3 Å². The first-order chi connectivity index (χ1) is 7.21. The molecule has 0 aromatic heterocycles. The van der Waals surface area contributed by atoms with Gasteiger partial charge in [-0.3, -0.25) is 4.90 Å². The van der Waals surface area contributed by atoms with Gasteiger partial charge in [0, 0.05) is 19.1 Å². The number of nitrogens with zero attached hydrogens (tertiary/aromatic N) is 1. The van der Waals surface area contributed by atoms with Crippen molar-refractivity contribution in [3.63, 3.8) is 0 Å². The number of likely N-dealkylation sites (tertiary alicyclic amines) is 1. The molecule has 3 atom stereocenters. The van der Waals surface area contributed by atoms with Gasteiger partial charge in [0.05, 0.1) is 4.99 Å². The summed E-state index contributed by atoms with van der Waals surface area (Å²) >= 11 is 4.50. The quantitative estimate of drug-likeness (QED) is 0.783. The van der Waals surface area contributed by atoms with E-state index in [0.717, 1.165) is 6.42 Å². The Morgan fingerprint density at radius 3 is 2.38 bits per heavy atom. The molecule has 0 bridgehead atoms. The number of rotatable bonds is 3. The molecule has 2 nitrogen and oxygen atoms in total. The number of thiocarbonyl (C=S) groups is 1. The second-order valence-corrected chi connectivity index (χ2v) is 5.11. The molecule has 2 N–H and O–H groups in total. The van der Waals surface area contributed by atoms with Crippen molar-refractivity contribution in [3.05, 3.63) is 0 Å². The second kappa shape index (κ2) is 4.87. The average Bonchev–Trinajstić information content (AvgIpc) is 2.38. The lowest BCUT2D eigenvalue weighted by Gasteiger charge is -2.27. The first kappa shape index (κ1) is 13.7. The zero-order valence-electron chi connectivity index (χ0n) is 9.42. The van der Waals surface area contributed by atoms with Crippen molar-refractivity contribution < 1.29 is 13.2 Å². The van der Waals surface area contributed by atoms with Gasteiger partial charge in [-0.05, 0) is 19.3 Å². The molecule has 0 aromatic carbocycles. The third kappa shape index (κ3) is 3.31. The third-order valence-electron chi connectivity index (χ3n) is 3.07. The Hall–Kier alpha value is -0.360. The SMILES string of the molecule is CC1CC(C)N(CC(C(N)=S)C(F)(F)F)C1. The van der Waals surface area contributed by atoms with Gasteiger partial charge in [-0.1, -0.05) is 19.1 Å². The van der Waals surface area contributed by atoms with Crippen LogP contribution in [-0.2, 0) is 0 Å². The van der Waals surface area contributed by atoms with Crippen LogP contribution in [0.1, 0.15) is 20.3 Å². The van der Waals surface area contributed by atoms with Gasteiger partial charge in [0.1, 0.15) is 5.92 Å². The summed E-state index contributed by atoms with van der Waals surface area (Å²) in [5.74, 6) is -1.24. The Morgan fingerprint density at radius 2 is 2.06 bits per heavy atom. The lowest BCUT2D eigenvalue weighted by Crippen LogP contribution is -2.44. The Morgan fingerprint density at radius 1 is 1.50 bits per heavy atom. The molecule has 0 aromatic rings. The fraction of sp³-hybridized carbons (Fsp3) is 0.900. The van der Waals surface area contributed by atoms with Crippen LogP contribution in [0.15, 0.2) is 0 Å². The molecule has 1 rings (SSSR count). The maximum Gasteiger partial charge on any atom is 0.399 e. The van der Waals surface area contributed by atoms with Crippen molar-refractivity contribution in [1.29, 1.82) is 0 Å². The molecule has 1 heterocycles. The number of hydrogen-bond acceptors (Lipinski definition) is 2. The number of halogens is 3. The van der Waals surface area contributed by atoms with Crippen LogP contribution >= 0.6 is 12.2 Å². The number of nitrogens with two attached hydrogens (primary N) is 1. The summed E-state index contributed by atoms with van der Waals surface area (Å²) in [6.07, 6.45) is -3.40. The van der Waals surface area contributed by atoms with Gasteiger partial charge in [0.25, 0.3) is 0 Å². The van der Waals surface area contributed by atoms with E-state index in [9.17, 15) is 13.2 Å². The van der Waals surface area contributed by atoms with E-state index in [0.29, 0.717) is 12.5 Å². The minimum atomic E-state index is -4.34. The predicted molar refractivity (Wildman–Crippen MR) is 61.1 cm³/mol. The fourth-order valence-corrected chi connectivity index (χ4v) is 2.44. The highest BCUT2D eigenvalue weighted by atomic mass is 32.1. The maximum atomic E-state index is 12.7. The van der Waals surface area contributed by atoms with E-state index in [1.54, 1.807) is 0 Å². The van der Waals surface area contributed by atoms with Gasteiger partial charge in [0.15, 0.2) is 0 Å². The number of alkyl halides is 3. The normalized spacial score (nSPS) is 29.3. The molecular weight excluding hydrogens is 237 g/mol. The fourth-order valence-electron chi connectivity index (χ4n) is 2.23. The van der Waals surface area contributed by atoms with Gasteiger partial charge in [-0.15, -0.1) is 0 Å². The molecule has 0 saturated carbocycles. The largest absolute Gasteiger partial charge is 0.399 e. The highest BCUT2D eigenvalue weighted by Crippen LogP contribution is 2.30. The average molecular weight is 254 g/mol. The lowest BCUT2D eigenvalue weighted by atomic mass is 10.1. The summed E-state index contributed by atoms with van der Waals surface area (Å²) in [6.45, 7) is 4.57. The highest BCUT2D eigenvalue weighted by molar-refractivity contribution is 7.80. The summed E-state index contributed by atoms with van der Waals surface area (Å²) in [7, 11) is 0. The third-order valence-corrected chi connectivity index (χ3v) is 3.35. The van der Waals surface area contributed by atoms with Crippen LogP contribution in [0.2, 0.25) is 0 Å². The summed E-state index contributed by atoms with van der Waals surface area (Å²) in [6, 6.07) is 0.175. The maximum absolute atomic E-state index is 12.7. The molecule has 0 amide bonds. The van der Waals surface area contributed by atoms with Crippen LogP contribution in [-0.4, -0.2) is 35.2 Å². The van der Waals surface area contributed by atoms with Crippen LogP contribution < -0.4 is 5.73 Å². The van der Waals surface area contributed by atoms with Crippen molar-refractivity contribution in [2.24, 2.45) is 17.6 Å². The zero-order chi connectivity index (χ0) is 12.5. The molecule has 1 fully saturated rings. The van der Waals surface area contributed by atoms with E-state index in [2.05, 4.69) is 12.2 Å². The van der Waals surface area contributed by atoms with Gasteiger partial charge >= 0.3 is 6.18 Å². The summed E-state index contributed by atoms with van der Waals surface area (Å²) in [5.41, 5.74) is 5.17. The van der Waals surface area contributed by atoms with Gasteiger partial charge in [-0.25, -0.2) is 0 Å². The van der Waals surface area contributed by atoms with Crippen molar-refractivity contribution in [2.45, 2.75) is 32.5 Å². The minimum Gasteiger partial charge on any atom is -0.393 e. The van der Waals surface area contributed by atoms with Crippen molar-refractivity contribution in [2.75, 3.05) is 13.1 Å². The van der Waals surface area contributed by atoms with E-state index in [-0.39, 0.29) is 12.6 Å². The van der Waals surface area contributed by atoms with Crippen LogP contribution in [0, 0.1) is 11.8 Å². The van der Waals surface area contributed by atoms with Gasteiger partial charge < -0.3 is 5.73 Å². The molecule has 94 valence electrons. The zero-order valence-corrected chi connectivity index (χ0v) is 10.2. The molecule has 0 spiro atoms. The van der Waals surface area contributed by atoms with Crippen molar-refractivity contribution >= 4 is 17.2 Å². The molecule has 0 radical (unpaired) electrons. The molecule has 1 aliphatic heterocycles. The summed E-state index contributed by atoms with van der Waals surface area (Å²) < 4.78 is 38.0. The molecular formula is C10H17F3N2S. The summed E-state index contributed by atoms with van der Waals surface area (Å²) in [4.78, 5) is 1.36. The number of hydrogen-bond donors (Lipinski definition) is 1. The first-order valence-electron chi connectivity index (χ1n) is 5.32. The molecule has 3 unspecified atom stereocenters. The smallest absolute Gasteiger partial charge is 0.393 e. The molecule has 1 aliphatic rings. The summed E-state index contributed by atoms with van der Waals surface area (Å²) in [5, 5.41) is 0. The molecule has 6 heteroatoms. The standard InChI is InChI=1S/C10H17F3N2S/c1-6-3-7(2)15(4-6)5-8(9(14)16)10(11,12)13/h6-8H,3-5H2,1-2H3,(H2,14,16). The predicted octanol–water partition coefficient (Wildman–Crippen LogP) is 2.18. The first-order valence-corrected chi connectivity index (χ1v) is 5.72. The Kier molecular flexibility index (Phi) is 4.17. The van der Waals surface area contributed by atoms with Gasteiger partial charge in [0.2, 0.25) is 0 Å². The van der Waals surface area contributed by atoms with Gasteiger partial charge in [-0.2, -0.15) is 13.2 Å². The van der Waals surface area contributed by atoms with Crippen molar-refractivity contribution in [1.82, 2.24) is 4.90 Å². The Balaban J connectivity index is 2.66. The monoisotopic (exact) mass is 254 g/mol. The van der Waals surface area contributed by atoms with E-state index in [1.165, 1.54) is 0 Å². The molecule has 1 saturated heterocycles. The van der Waals surface area contributed by atoms with Crippen LogP contribution in [0.4, 0.5) is 13.2 Å². The highest BCUT2D eigenvalue weighted by Gasteiger charge is 2.44. The molecule has 16 heavy (non-hydrogen) atoms. The van der Waals surface area contributed by atoms with Crippen LogP contribution in [0.3, 0.4) is 0 Å². The molecule has 0 aliphatic carbocycles. The second-order valence-electron chi connectivity index (χ2n) is 4.64. The van der Waals surface area contributed by atoms with Crippen molar-refractivity contribution in [3.8, 4) is 0 Å². The van der Waals surface area contributed by atoms with E-state index in [1.807, 2.05) is 18.7 Å². The minimum absolute atomic E-state index is 0.107. The Labute approximate surface area is 99.0 Å². The van der Waals surface area contributed by atoms with Crippen LogP contribution in [0.25, 0.3) is 0 Å². The van der Waals surface area contributed by atoms with E-state index >= 15 is 0 Å². The van der Waals surface area contributed by atoms with Crippen LogP contribution in [0.5, 0.6) is 0 Å². The lowest BCUT2D eigenvalue weighted by molar-refractivity contribution is -0.159. The Bertz CT molecular complexity index is 267. The van der Waals surface area contributed by atoms with E-state index in [4.69, 9.17) is 5.73 Å².